The average molecular weight is 280 g/mol. The van der Waals surface area contributed by atoms with Crippen molar-refractivity contribution in [2.24, 2.45) is 0 Å². The zero-order chi connectivity index (χ0) is 14.5. The highest BCUT2D eigenvalue weighted by molar-refractivity contribution is 4.96. The van der Waals surface area contributed by atoms with Gasteiger partial charge >= 0.3 is 0 Å². The van der Waals surface area contributed by atoms with Gasteiger partial charge in [0.05, 0.1) is 18.6 Å². The van der Waals surface area contributed by atoms with E-state index in [0.717, 1.165) is 12.1 Å². The van der Waals surface area contributed by atoms with Crippen molar-refractivity contribution in [1.82, 2.24) is 9.55 Å². The number of hydrogen-bond acceptors (Lipinski definition) is 2. The summed E-state index contributed by atoms with van der Waals surface area (Å²) in [7, 11) is 0. The quantitative estimate of drug-likeness (QED) is 0.546. The van der Waals surface area contributed by atoms with Crippen LogP contribution >= 0.6 is 0 Å². The van der Waals surface area contributed by atoms with Crippen molar-refractivity contribution in [3.63, 3.8) is 0 Å². The molecular weight excluding hydrogens is 248 g/mol. The van der Waals surface area contributed by atoms with Crippen molar-refractivity contribution < 1.29 is 5.11 Å². The van der Waals surface area contributed by atoms with Crippen LogP contribution in [-0.2, 0) is 13.0 Å². The van der Waals surface area contributed by atoms with E-state index in [0.29, 0.717) is 6.54 Å². The second-order valence-electron chi connectivity index (χ2n) is 5.76. The molecule has 0 amide bonds. The van der Waals surface area contributed by atoms with Crippen LogP contribution in [0.2, 0.25) is 0 Å². The van der Waals surface area contributed by atoms with E-state index in [2.05, 4.69) is 18.1 Å². The Balaban J connectivity index is 1.89. The molecular formula is C17H32N2O. The first-order valence-corrected chi connectivity index (χ1v) is 8.48. The molecule has 0 saturated carbocycles. The average Bonchev–Trinajstić information content (AvgIpc) is 2.89. The molecule has 0 spiro atoms. The first-order chi connectivity index (χ1) is 9.86. The SMILES string of the molecule is CCCCCCCCCCCCc1cn(CCO)cn1. The summed E-state index contributed by atoms with van der Waals surface area (Å²) in [5, 5.41) is 8.84. The third kappa shape index (κ3) is 8.36. The van der Waals surface area contributed by atoms with Gasteiger partial charge in [-0.3, -0.25) is 0 Å². The fourth-order valence-electron chi connectivity index (χ4n) is 2.57. The molecule has 0 aliphatic rings. The lowest BCUT2D eigenvalue weighted by Gasteiger charge is -2.01. The summed E-state index contributed by atoms with van der Waals surface area (Å²) in [5.74, 6) is 0. The Labute approximate surface area is 124 Å². The molecule has 0 saturated heterocycles. The van der Waals surface area contributed by atoms with E-state index < -0.39 is 0 Å². The molecule has 0 bridgehead atoms. The highest BCUT2D eigenvalue weighted by atomic mass is 16.3. The lowest BCUT2D eigenvalue weighted by molar-refractivity contribution is 0.276. The van der Waals surface area contributed by atoms with Gasteiger partial charge in [0.2, 0.25) is 0 Å². The van der Waals surface area contributed by atoms with Crippen LogP contribution in [-0.4, -0.2) is 21.3 Å². The molecule has 0 atom stereocenters. The highest BCUT2D eigenvalue weighted by Crippen LogP contribution is 2.11. The Morgan fingerprint density at radius 1 is 0.950 bits per heavy atom. The maximum absolute atomic E-state index is 8.84. The third-order valence-electron chi connectivity index (χ3n) is 3.83. The standard InChI is InChI=1S/C17H32N2O/c1-2-3-4-5-6-7-8-9-10-11-12-17-15-19(13-14-20)16-18-17/h15-16,20H,2-14H2,1H3. The fraction of sp³-hybridized carbons (Fsp3) is 0.824. The largest absolute Gasteiger partial charge is 0.395 e. The van der Waals surface area contributed by atoms with E-state index in [-0.39, 0.29) is 6.61 Å². The molecule has 0 radical (unpaired) electrons. The number of hydrogen-bond donors (Lipinski definition) is 1. The van der Waals surface area contributed by atoms with Crippen LogP contribution in [0, 0.1) is 0 Å². The van der Waals surface area contributed by atoms with Crippen molar-refractivity contribution >= 4 is 0 Å². The van der Waals surface area contributed by atoms with Crippen LogP contribution < -0.4 is 0 Å². The number of aromatic nitrogens is 2. The lowest BCUT2D eigenvalue weighted by Crippen LogP contribution is -1.98. The minimum Gasteiger partial charge on any atom is -0.395 e. The number of aliphatic hydroxyl groups is 1. The summed E-state index contributed by atoms with van der Waals surface area (Å²) >= 11 is 0. The molecule has 3 heteroatoms. The first kappa shape index (κ1) is 17.2. The molecule has 1 N–H and O–H groups in total. The highest BCUT2D eigenvalue weighted by Gasteiger charge is 1.99. The van der Waals surface area contributed by atoms with E-state index >= 15 is 0 Å². The Morgan fingerprint density at radius 3 is 2.15 bits per heavy atom. The van der Waals surface area contributed by atoms with Gasteiger partial charge in [0, 0.05) is 12.7 Å². The van der Waals surface area contributed by atoms with Crippen LogP contribution in [0.15, 0.2) is 12.5 Å². The second-order valence-corrected chi connectivity index (χ2v) is 5.76. The van der Waals surface area contributed by atoms with Crippen LogP contribution in [0.4, 0.5) is 0 Å². The number of imidazole rings is 1. The predicted molar refractivity (Wildman–Crippen MR) is 84.9 cm³/mol. The summed E-state index contributed by atoms with van der Waals surface area (Å²) in [6.45, 7) is 3.12. The van der Waals surface area contributed by atoms with Gasteiger partial charge in [-0.15, -0.1) is 0 Å². The van der Waals surface area contributed by atoms with E-state index in [1.807, 2.05) is 10.9 Å². The number of rotatable bonds is 13. The predicted octanol–water partition coefficient (Wildman–Crippen LogP) is 4.34. The van der Waals surface area contributed by atoms with E-state index in [9.17, 15) is 0 Å². The molecule has 1 heterocycles. The van der Waals surface area contributed by atoms with E-state index in [1.165, 1.54) is 64.2 Å². The molecule has 0 aromatic carbocycles. The summed E-state index contributed by atoms with van der Waals surface area (Å²) in [6, 6.07) is 0. The van der Waals surface area contributed by atoms with Crippen LogP contribution in [0.1, 0.15) is 76.8 Å². The summed E-state index contributed by atoms with van der Waals surface area (Å²) in [6.07, 6.45) is 18.7. The lowest BCUT2D eigenvalue weighted by atomic mass is 10.1. The van der Waals surface area contributed by atoms with Crippen LogP contribution in [0.25, 0.3) is 0 Å². The smallest absolute Gasteiger partial charge is 0.0950 e. The molecule has 1 rings (SSSR count). The fourth-order valence-corrected chi connectivity index (χ4v) is 2.57. The second kappa shape index (κ2) is 12.0. The number of unbranched alkanes of at least 4 members (excludes halogenated alkanes) is 9. The first-order valence-electron chi connectivity index (χ1n) is 8.48. The van der Waals surface area contributed by atoms with Gasteiger partial charge < -0.3 is 9.67 Å². The van der Waals surface area contributed by atoms with Crippen molar-refractivity contribution in [2.75, 3.05) is 6.61 Å². The Bertz CT molecular complexity index is 323. The van der Waals surface area contributed by atoms with Gasteiger partial charge in [-0.2, -0.15) is 0 Å². The maximum atomic E-state index is 8.84. The minimum atomic E-state index is 0.189. The Hall–Kier alpha value is -0.830. The summed E-state index contributed by atoms with van der Waals surface area (Å²) < 4.78 is 1.96. The molecule has 20 heavy (non-hydrogen) atoms. The van der Waals surface area contributed by atoms with Crippen molar-refractivity contribution in [3.8, 4) is 0 Å². The molecule has 0 aliphatic heterocycles. The minimum absolute atomic E-state index is 0.189. The third-order valence-corrected chi connectivity index (χ3v) is 3.83. The molecule has 1 aromatic heterocycles. The van der Waals surface area contributed by atoms with Crippen molar-refractivity contribution in [1.29, 1.82) is 0 Å². The van der Waals surface area contributed by atoms with Gasteiger partial charge in [-0.1, -0.05) is 64.7 Å². The Morgan fingerprint density at radius 2 is 1.55 bits per heavy atom. The molecule has 116 valence electrons. The zero-order valence-electron chi connectivity index (χ0n) is 13.2. The van der Waals surface area contributed by atoms with Gasteiger partial charge in [0.1, 0.15) is 0 Å². The maximum Gasteiger partial charge on any atom is 0.0950 e. The van der Waals surface area contributed by atoms with Crippen LogP contribution in [0.5, 0.6) is 0 Å². The van der Waals surface area contributed by atoms with Gasteiger partial charge in [-0.05, 0) is 12.8 Å². The van der Waals surface area contributed by atoms with E-state index in [4.69, 9.17) is 5.11 Å². The number of aryl methyl sites for hydroxylation is 1. The number of nitrogens with zero attached hydrogens (tertiary/aromatic N) is 2. The van der Waals surface area contributed by atoms with E-state index in [1.54, 1.807) is 0 Å². The van der Waals surface area contributed by atoms with Gasteiger partial charge in [0.25, 0.3) is 0 Å². The summed E-state index contributed by atoms with van der Waals surface area (Å²) in [5.41, 5.74) is 1.16. The zero-order valence-corrected chi connectivity index (χ0v) is 13.2. The number of aliphatic hydroxyl groups excluding tert-OH is 1. The monoisotopic (exact) mass is 280 g/mol. The molecule has 0 fully saturated rings. The normalized spacial score (nSPS) is 11.1. The molecule has 1 aromatic rings. The van der Waals surface area contributed by atoms with Gasteiger partial charge in [-0.25, -0.2) is 4.98 Å². The van der Waals surface area contributed by atoms with Gasteiger partial charge in [0.15, 0.2) is 0 Å². The molecule has 0 aliphatic carbocycles. The van der Waals surface area contributed by atoms with Crippen molar-refractivity contribution in [3.05, 3.63) is 18.2 Å². The Kier molecular flexibility index (Phi) is 10.3. The molecule has 0 unspecified atom stereocenters. The molecule has 3 nitrogen and oxygen atoms in total. The topological polar surface area (TPSA) is 38.0 Å². The summed E-state index contributed by atoms with van der Waals surface area (Å²) in [4.78, 5) is 4.36. The van der Waals surface area contributed by atoms with Crippen molar-refractivity contribution in [2.45, 2.75) is 84.1 Å². The van der Waals surface area contributed by atoms with Crippen LogP contribution in [0.3, 0.4) is 0 Å².